The van der Waals surface area contributed by atoms with E-state index in [9.17, 15) is 4.79 Å². The van der Waals surface area contributed by atoms with Gasteiger partial charge in [0.05, 0.1) is 0 Å². The topological polar surface area (TPSA) is 37.3 Å². The molecule has 1 unspecified atom stereocenters. The van der Waals surface area contributed by atoms with E-state index in [0.29, 0.717) is 6.42 Å². The van der Waals surface area contributed by atoms with E-state index < -0.39 is 0 Å². The molecule has 0 saturated carbocycles. The lowest BCUT2D eigenvalue weighted by Crippen LogP contribution is -2.34. The number of carbonyl (C=O) groups excluding carboxylic acids is 1. The fourth-order valence-corrected chi connectivity index (χ4v) is 2.28. The fraction of sp³-hybridized carbons (Fsp3) is 0.727. The van der Waals surface area contributed by atoms with Crippen LogP contribution < -0.4 is 0 Å². The van der Waals surface area contributed by atoms with E-state index in [1.54, 1.807) is 6.08 Å². The monoisotopic (exact) mass is 182 g/mol. The van der Waals surface area contributed by atoms with Crippen LogP contribution in [0.1, 0.15) is 33.6 Å². The molecule has 2 nitrogen and oxygen atoms in total. The smallest absolute Gasteiger partial charge is 0.159 e. The van der Waals surface area contributed by atoms with E-state index >= 15 is 0 Å². The van der Waals surface area contributed by atoms with Crippen molar-refractivity contribution in [3.63, 3.8) is 0 Å². The van der Waals surface area contributed by atoms with Gasteiger partial charge in [-0.3, -0.25) is 4.79 Å². The molecule has 0 aromatic carbocycles. The zero-order valence-electron chi connectivity index (χ0n) is 8.63. The molecule has 0 heterocycles. The second-order valence-corrected chi connectivity index (χ2v) is 4.62. The number of ketones is 1. The molecule has 1 atom stereocenters. The summed E-state index contributed by atoms with van der Waals surface area (Å²) >= 11 is 0. The Labute approximate surface area is 79.6 Å². The third-order valence-electron chi connectivity index (χ3n) is 2.83. The standard InChI is InChI=1S/C11H18O2/c1-8-6-10(13)9(4-5-12)11(2,3)7-8/h6,9,12H,4-5,7H2,1-3H3. The Hall–Kier alpha value is -0.630. The van der Waals surface area contributed by atoms with Gasteiger partial charge >= 0.3 is 0 Å². The van der Waals surface area contributed by atoms with Crippen LogP contribution in [-0.4, -0.2) is 17.5 Å². The Morgan fingerprint density at radius 1 is 1.62 bits per heavy atom. The first-order valence-corrected chi connectivity index (χ1v) is 4.79. The molecular formula is C11H18O2. The Bertz CT molecular complexity index is 238. The first-order chi connectivity index (χ1) is 5.97. The van der Waals surface area contributed by atoms with Gasteiger partial charge in [0.1, 0.15) is 0 Å². The molecule has 1 aliphatic rings. The number of hydrogen-bond acceptors (Lipinski definition) is 2. The van der Waals surface area contributed by atoms with Gasteiger partial charge in [-0.25, -0.2) is 0 Å². The zero-order chi connectivity index (χ0) is 10.1. The van der Waals surface area contributed by atoms with Gasteiger partial charge in [-0.05, 0) is 31.3 Å². The molecule has 2 heteroatoms. The predicted molar refractivity (Wildman–Crippen MR) is 52.4 cm³/mol. The number of allylic oxidation sites excluding steroid dienone is 2. The van der Waals surface area contributed by atoms with Gasteiger partial charge in [-0.15, -0.1) is 0 Å². The highest BCUT2D eigenvalue weighted by Gasteiger charge is 2.36. The lowest BCUT2D eigenvalue weighted by atomic mass is 9.67. The molecule has 0 aromatic rings. The normalized spacial score (nSPS) is 27.2. The van der Waals surface area contributed by atoms with Crippen LogP contribution in [0, 0.1) is 11.3 Å². The fourth-order valence-electron chi connectivity index (χ4n) is 2.28. The number of hydrogen-bond donors (Lipinski definition) is 1. The average molecular weight is 182 g/mol. The van der Waals surface area contributed by atoms with E-state index in [4.69, 9.17) is 5.11 Å². The predicted octanol–water partition coefficient (Wildman–Crippen LogP) is 1.93. The quantitative estimate of drug-likeness (QED) is 0.708. The lowest BCUT2D eigenvalue weighted by Gasteiger charge is -2.36. The highest BCUT2D eigenvalue weighted by atomic mass is 16.3. The van der Waals surface area contributed by atoms with Crippen molar-refractivity contribution in [2.75, 3.05) is 6.61 Å². The Morgan fingerprint density at radius 3 is 2.69 bits per heavy atom. The summed E-state index contributed by atoms with van der Waals surface area (Å²) in [6.45, 7) is 6.30. The van der Waals surface area contributed by atoms with Crippen molar-refractivity contribution in [1.82, 2.24) is 0 Å². The van der Waals surface area contributed by atoms with Crippen LogP contribution in [0.4, 0.5) is 0 Å². The molecule has 0 saturated heterocycles. The van der Waals surface area contributed by atoms with Crippen LogP contribution in [0.15, 0.2) is 11.6 Å². The van der Waals surface area contributed by atoms with Crippen molar-refractivity contribution >= 4 is 5.78 Å². The van der Waals surface area contributed by atoms with Crippen molar-refractivity contribution in [3.8, 4) is 0 Å². The van der Waals surface area contributed by atoms with E-state index in [-0.39, 0.29) is 23.7 Å². The molecule has 0 bridgehead atoms. The van der Waals surface area contributed by atoms with Crippen LogP contribution in [0.25, 0.3) is 0 Å². The van der Waals surface area contributed by atoms with E-state index in [0.717, 1.165) is 12.0 Å². The van der Waals surface area contributed by atoms with Gasteiger partial charge < -0.3 is 5.11 Å². The highest BCUT2D eigenvalue weighted by molar-refractivity contribution is 5.93. The van der Waals surface area contributed by atoms with E-state index in [1.165, 1.54) is 0 Å². The van der Waals surface area contributed by atoms with Crippen LogP contribution >= 0.6 is 0 Å². The molecular weight excluding hydrogens is 164 g/mol. The maximum atomic E-state index is 11.6. The first-order valence-electron chi connectivity index (χ1n) is 4.79. The zero-order valence-corrected chi connectivity index (χ0v) is 8.63. The summed E-state index contributed by atoms with van der Waals surface area (Å²) in [5, 5.41) is 8.86. The minimum Gasteiger partial charge on any atom is -0.396 e. The lowest BCUT2D eigenvalue weighted by molar-refractivity contribution is -0.123. The minimum atomic E-state index is 0.00111. The number of rotatable bonds is 2. The van der Waals surface area contributed by atoms with Gasteiger partial charge in [-0.2, -0.15) is 0 Å². The van der Waals surface area contributed by atoms with Crippen molar-refractivity contribution < 1.29 is 9.90 Å². The molecule has 0 aliphatic heterocycles. The Balaban J connectivity index is 2.87. The summed E-state index contributed by atoms with van der Waals surface area (Å²) in [6, 6.07) is 0. The van der Waals surface area contributed by atoms with Gasteiger partial charge in [0, 0.05) is 12.5 Å². The second kappa shape index (κ2) is 3.62. The van der Waals surface area contributed by atoms with E-state index in [2.05, 4.69) is 13.8 Å². The molecule has 1 rings (SSSR count). The third-order valence-corrected chi connectivity index (χ3v) is 2.83. The first kappa shape index (κ1) is 10.5. The van der Waals surface area contributed by atoms with Crippen molar-refractivity contribution in [3.05, 3.63) is 11.6 Å². The summed E-state index contributed by atoms with van der Waals surface area (Å²) in [4.78, 5) is 11.6. The van der Waals surface area contributed by atoms with Gasteiger partial charge in [0.25, 0.3) is 0 Å². The largest absolute Gasteiger partial charge is 0.396 e. The number of aliphatic hydroxyl groups is 1. The van der Waals surface area contributed by atoms with Crippen LogP contribution in [-0.2, 0) is 4.79 Å². The number of aliphatic hydroxyl groups excluding tert-OH is 1. The minimum absolute atomic E-state index is 0.00111. The van der Waals surface area contributed by atoms with Gasteiger partial charge in [0.2, 0.25) is 0 Å². The molecule has 1 N–H and O–H groups in total. The third kappa shape index (κ3) is 2.19. The van der Waals surface area contributed by atoms with Crippen LogP contribution in [0.2, 0.25) is 0 Å². The van der Waals surface area contributed by atoms with Gasteiger partial charge in [0.15, 0.2) is 5.78 Å². The molecule has 13 heavy (non-hydrogen) atoms. The van der Waals surface area contributed by atoms with Crippen molar-refractivity contribution in [2.45, 2.75) is 33.6 Å². The molecule has 0 radical (unpaired) electrons. The summed E-state index contributed by atoms with van der Waals surface area (Å²) < 4.78 is 0. The van der Waals surface area contributed by atoms with Crippen LogP contribution in [0.5, 0.6) is 0 Å². The van der Waals surface area contributed by atoms with Crippen molar-refractivity contribution in [2.24, 2.45) is 11.3 Å². The highest BCUT2D eigenvalue weighted by Crippen LogP contribution is 2.39. The molecule has 0 amide bonds. The molecule has 1 aliphatic carbocycles. The van der Waals surface area contributed by atoms with E-state index in [1.807, 2.05) is 6.92 Å². The number of carbonyl (C=O) groups is 1. The second-order valence-electron chi connectivity index (χ2n) is 4.62. The average Bonchev–Trinajstić information content (AvgIpc) is 1.95. The Morgan fingerprint density at radius 2 is 2.23 bits per heavy atom. The summed E-state index contributed by atoms with van der Waals surface area (Å²) in [5.74, 6) is 0.184. The maximum absolute atomic E-state index is 11.6. The van der Waals surface area contributed by atoms with Gasteiger partial charge in [-0.1, -0.05) is 19.4 Å². The Kier molecular flexibility index (Phi) is 2.91. The molecule has 0 fully saturated rings. The summed E-state index contributed by atoms with van der Waals surface area (Å²) in [6.07, 6.45) is 3.28. The SMILES string of the molecule is CC1=CC(=O)C(CCO)C(C)(C)C1. The maximum Gasteiger partial charge on any atom is 0.159 e. The molecule has 74 valence electrons. The molecule has 0 spiro atoms. The van der Waals surface area contributed by atoms with Crippen molar-refractivity contribution in [1.29, 1.82) is 0 Å². The van der Waals surface area contributed by atoms with Crippen LogP contribution in [0.3, 0.4) is 0 Å². The molecule has 0 aromatic heterocycles. The summed E-state index contributed by atoms with van der Waals surface area (Å²) in [7, 11) is 0. The summed E-state index contributed by atoms with van der Waals surface area (Å²) in [5.41, 5.74) is 1.17.